The molecule has 4 aromatic rings. The minimum Gasteiger partial charge on any atom is -0.508 e. The Hall–Kier alpha value is -4.52. The van der Waals surface area contributed by atoms with Crippen LogP contribution in [0, 0.1) is 20.8 Å². The highest BCUT2D eigenvalue weighted by molar-refractivity contribution is 7.18. The zero-order chi connectivity index (χ0) is 33.1. The minimum absolute atomic E-state index is 0.0226. The molecular weight excluding hydrogens is 622 g/mol. The van der Waals surface area contributed by atoms with E-state index in [1.54, 1.807) is 37.1 Å². The van der Waals surface area contributed by atoms with Crippen LogP contribution in [0.4, 0.5) is 28.3 Å². The summed E-state index contributed by atoms with van der Waals surface area (Å²) >= 11 is 1.41. The summed E-state index contributed by atoms with van der Waals surface area (Å²) in [7, 11) is 0. The Morgan fingerprint density at radius 2 is 1.85 bits per heavy atom. The summed E-state index contributed by atoms with van der Waals surface area (Å²) in [5, 5.41) is 10.5. The number of amides is 1. The lowest BCUT2D eigenvalue weighted by atomic mass is 9.98. The van der Waals surface area contributed by atoms with Gasteiger partial charge in [-0.25, -0.2) is 24.1 Å². The van der Waals surface area contributed by atoms with Gasteiger partial charge < -0.3 is 14.7 Å². The maximum absolute atomic E-state index is 13.7. The maximum Gasteiger partial charge on any atom is 0.416 e. The van der Waals surface area contributed by atoms with Gasteiger partial charge in [-0.05, 0) is 57.0 Å². The molecule has 2 fully saturated rings. The topological polar surface area (TPSA) is 91.7 Å². The van der Waals surface area contributed by atoms with Crippen LogP contribution in [-0.2, 0) is 17.5 Å². The number of aryl methyl sites for hydroxylation is 3. The van der Waals surface area contributed by atoms with Gasteiger partial charge in [0.15, 0.2) is 0 Å². The molecule has 240 valence electrons. The normalized spacial score (nSPS) is 18.6. The van der Waals surface area contributed by atoms with Crippen LogP contribution in [0.25, 0.3) is 26.8 Å². The van der Waals surface area contributed by atoms with Crippen LogP contribution >= 0.6 is 11.3 Å². The van der Waals surface area contributed by atoms with E-state index < -0.39 is 36.2 Å². The van der Waals surface area contributed by atoms with E-state index >= 15 is 0 Å². The van der Waals surface area contributed by atoms with Crippen LogP contribution in [-0.4, -0.2) is 56.4 Å². The number of nitrogens with zero attached hydrogens (tertiary/aromatic N) is 5. The second-order valence-electron chi connectivity index (χ2n) is 11.7. The first kappa shape index (κ1) is 31.5. The molecular formula is C33H31F4N5O3S. The summed E-state index contributed by atoms with van der Waals surface area (Å²) in [6.07, 6.45) is -5.51. The van der Waals surface area contributed by atoms with Crippen molar-refractivity contribution in [3.63, 3.8) is 0 Å². The average molecular weight is 654 g/mol. The molecule has 6 rings (SSSR count). The van der Waals surface area contributed by atoms with E-state index in [1.807, 2.05) is 26.0 Å². The van der Waals surface area contributed by atoms with E-state index in [9.17, 15) is 27.5 Å². The van der Waals surface area contributed by atoms with E-state index in [0.717, 1.165) is 33.1 Å². The fourth-order valence-corrected chi connectivity index (χ4v) is 6.95. The Kier molecular flexibility index (Phi) is 7.99. The Morgan fingerprint density at radius 1 is 1.11 bits per heavy atom. The molecule has 4 heterocycles. The number of aromatic nitrogens is 3. The second-order valence-corrected chi connectivity index (χ2v) is 12.7. The highest BCUT2D eigenvalue weighted by atomic mass is 32.1. The van der Waals surface area contributed by atoms with Crippen molar-refractivity contribution in [1.29, 1.82) is 0 Å². The van der Waals surface area contributed by atoms with Crippen LogP contribution in [0.3, 0.4) is 0 Å². The molecule has 2 aromatic heterocycles. The first-order chi connectivity index (χ1) is 21.7. The van der Waals surface area contributed by atoms with E-state index in [1.165, 1.54) is 16.2 Å². The first-order valence-electron chi connectivity index (χ1n) is 14.6. The number of alkyl halides is 4. The van der Waals surface area contributed by atoms with Crippen molar-refractivity contribution in [2.75, 3.05) is 18.0 Å². The standard InChI is InChI=1S/C33H31F4N5O3S/c1-16-8-22(11-23(9-16)33(35,36)37)28-19(4)42(32(44)45-28)15-27-26(12-38-31(40-27)41-13-24(34)14-41)29-18(3)39-30(46-29)25-7-6-21(20(5)43)10-17(25)2/h6-12,19,24,28,43H,5,13-15H2,1-4H3/t19-,28-/m0/s1. The lowest BCUT2D eigenvalue weighted by Crippen LogP contribution is -2.49. The number of hydrogen-bond acceptors (Lipinski definition) is 8. The summed E-state index contributed by atoms with van der Waals surface area (Å²) < 4.78 is 60.1. The van der Waals surface area contributed by atoms with Crippen LogP contribution in [0.1, 0.15) is 52.2 Å². The number of ether oxygens (including phenoxy) is 1. The van der Waals surface area contributed by atoms with Crippen molar-refractivity contribution in [2.45, 2.75) is 58.7 Å². The van der Waals surface area contributed by atoms with Crippen LogP contribution in [0.2, 0.25) is 0 Å². The highest BCUT2D eigenvalue weighted by Gasteiger charge is 2.42. The number of hydrogen-bond donors (Lipinski definition) is 1. The molecule has 46 heavy (non-hydrogen) atoms. The molecule has 0 saturated carbocycles. The van der Waals surface area contributed by atoms with Gasteiger partial charge in [-0.15, -0.1) is 11.3 Å². The quantitative estimate of drug-likeness (QED) is 0.160. The Bertz CT molecular complexity index is 1850. The van der Waals surface area contributed by atoms with E-state index in [-0.39, 0.29) is 31.0 Å². The summed E-state index contributed by atoms with van der Waals surface area (Å²) in [4.78, 5) is 31.2. The van der Waals surface area contributed by atoms with Crippen LogP contribution in [0.5, 0.6) is 0 Å². The molecule has 2 aliphatic rings. The van der Waals surface area contributed by atoms with Crippen molar-refractivity contribution in [2.24, 2.45) is 0 Å². The van der Waals surface area contributed by atoms with E-state index in [0.29, 0.717) is 34.0 Å². The fourth-order valence-electron chi connectivity index (χ4n) is 5.76. The number of benzene rings is 2. The van der Waals surface area contributed by atoms with Crippen molar-refractivity contribution < 1.29 is 32.2 Å². The van der Waals surface area contributed by atoms with Gasteiger partial charge in [-0.2, -0.15) is 13.2 Å². The molecule has 2 atom stereocenters. The number of aliphatic hydroxyl groups is 1. The third-order valence-corrected chi connectivity index (χ3v) is 9.50. The average Bonchev–Trinajstić information content (AvgIpc) is 3.49. The molecule has 8 nitrogen and oxygen atoms in total. The Morgan fingerprint density at radius 3 is 2.50 bits per heavy atom. The third kappa shape index (κ3) is 5.91. The number of cyclic esters (lactones) is 1. The summed E-state index contributed by atoms with van der Waals surface area (Å²) in [5.41, 5.74) is 4.01. The van der Waals surface area contributed by atoms with Crippen LogP contribution < -0.4 is 4.90 Å². The molecule has 0 spiro atoms. The van der Waals surface area contributed by atoms with Gasteiger partial charge in [0.05, 0.1) is 47.5 Å². The predicted molar refractivity (Wildman–Crippen MR) is 167 cm³/mol. The zero-order valence-corrected chi connectivity index (χ0v) is 26.3. The predicted octanol–water partition coefficient (Wildman–Crippen LogP) is 7.98. The zero-order valence-electron chi connectivity index (χ0n) is 25.5. The molecule has 2 aromatic carbocycles. The number of carbonyl (C=O) groups is 1. The largest absolute Gasteiger partial charge is 0.508 e. The number of thiazole rings is 1. The SMILES string of the molecule is C=C(O)c1ccc(-c2nc(C)c(-c3cnc(N4CC(F)C4)nc3CN3C(=O)O[C@H](c4cc(C)cc(C(F)(F)F)c4)[C@@H]3C)s2)c(C)c1. The van der Waals surface area contributed by atoms with Gasteiger partial charge in [-0.1, -0.05) is 30.3 Å². The van der Waals surface area contributed by atoms with Gasteiger partial charge in [0.25, 0.3) is 0 Å². The van der Waals surface area contributed by atoms with Gasteiger partial charge >= 0.3 is 12.3 Å². The second kappa shape index (κ2) is 11.7. The number of anilines is 1. The molecule has 1 N–H and O–H groups in total. The number of halogens is 4. The molecule has 0 radical (unpaired) electrons. The maximum atomic E-state index is 13.7. The molecule has 13 heteroatoms. The van der Waals surface area contributed by atoms with E-state index in [4.69, 9.17) is 14.7 Å². The lowest BCUT2D eigenvalue weighted by molar-refractivity contribution is -0.137. The fraction of sp³-hybridized carbons (Fsp3) is 0.333. The summed E-state index contributed by atoms with van der Waals surface area (Å²) in [5.74, 6) is 0.282. The molecule has 2 aliphatic heterocycles. The number of carbonyl (C=O) groups excluding carboxylic acids is 1. The van der Waals surface area contributed by atoms with Crippen molar-refractivity contribution in [1.82, 2.24) is 19.9 Å². The first-order valence-corrected chi connectivity index (χ1v) is 15.4. The number of rotatable bonds is 7. The minimum atomic E-state index is -4.55. The lowest BCUT2D eigenvalue weighted by Gasteiger charge is -2.34. The molecule has 0 aliphatic carbocycles. The monoisotopic (exact) mass is 653 g/mol. The van der Waals surface area contributed by atoms with Gasteiger partial charge in [-0.3, -0.25) is 4.90 Å². The molecule has 2 saturated heterocycles. The number of aliphatic hydroxyl groups excluding tert-OH is 1. The Balaban J connectivity index is 1.36. The third-order valence-electron chi connectivity index (χ3n) is 8.27. The Labute approximate surface area is 267 Å². The summed E-state index contributed by atoms with van der Waals surface area (Å²) in [6, 6.07) is 8.49. The summed E-state index contributed by atoms with van der Waals surface area (Å²) in [6.45, 7) is 10.9. The van der Waals surface area contributed by atoms with Crippen molar-refractivity contribution in [3.05, 3.63) is 88.4 Å². The van der Waals surface area contributed by atoms with Gasteiger partial charge in [0.2, 0.25) is 5.95 Å². The van der Waals surface area contributed by atoms with Crippen molar-refractivity contribution in [3.8, 4) is 21.0 Å². The van der Waals surface area contributed by atoms with E-state index in [2.05, 4.69) is 11.6 Å². The van der Waals surface area contributed by atoms with Gasteiger partial charge in [0.1, 0.15) is 23.0 Å². The van der Waals surface area contributed by atoms with Crippen LogP contribution in [0.15, 0.2) is 49.2 Å². The molecule has 0 bridgehead atoms. The highest BCUT2D eigenvalue weighted by Crippen LogP contribution is 2.41. The molecule has 0 unspecified atom stereocenters. The van der Waals surface area contributed by atoms with Crippen molar-refractivity contribution >= 4 is 29.1 Å². The smallest absolute Gasteiger partial charge is 0.416 e. The van der Waals surface area contributed by atoms with Gasteiger partial charge in [0, 0.05) is 22.9 Å². The molecule has 1 amide bonds.